The Morgan fingerprint density at radius 1 is 1.44 bits per heavy atom. The fraction of sp³-hybridized carbons (Fsp3) is 0.750. The maximum Gasteiger partial charge on any atom is 0.328 e. The summed E-state index contributed by atoms with van der Waals surface area (Å²) in [6, 6.07) is -0.677. The molecule has 5 nitrogen and oxygen atoms in total. The van der Waals surface area contributed by atoms with Gasteiger partial charge in [0.1, 0.15) is 6.04 Å². The first-order valence-electron chi connectivity index (χ1n) is 6.21. The van der Waals surface area contributed by atoms with Crippen LogP contribution in [-0.2, 0) is 14.3 Å². The molecule has 0 aromatic carbocycles. The summed E-state index contributed by atoms with van der Waals surface area (Å²) in [4.78, 5) is 23.9. The Balaban J connectivity index is 2.69. The lowest BCUT2D eigenvalue weighted by molar-refractivity contribution is -0.147. The predicted octanol–water partition coefficient (Wildman–Crippen LogP) is 0.901. The molecule has 1 atom stereocenters. The van der Waals surface area contributed by atoms with Gasteiger partial charge in [-0.1, -0.05) is 25.1 Å². The van der Waals surface area contributed by atoms with Gasteiger partial charge in [-0.15, -0.1) is 0 Å². The van der Waals surface area contributed by atoms with Crippen LogP contribution in [0.2, 0.25) is 0 Å². The van der Waals surface area contributed by atoms with Crippen molar-refractivity contribution in [2.45, 2.75) is 45.6 Å². The van der Waals surface area contributed by atoms with Crippen LogP contribution in [0.15, 0.2) is 0 Å². The zero-order valence-corrected chi connectivity index (χ0v) is 11.6. The van der Waals surface area contributed by atoms with E-state index in [1.807, 2.05) is 0 Å². The molecule has 0 aliphatic heterocycles. The number of hydrogen-bond acceptors (Lipinski definition) is 4. The third-order valence-corrected chi connectivity index (χ3v) is 3.74. The van der Waals surface area contributed by atoms with E-state index in [0.717, 1.165) is 12.8 Å². The smallest absolute Gasteiger partial charge is 0.328 e. The SMILES string of the molecule is CCOC(=O)C(C)NC(=O)C1(C(N)=S)CCCC1. The van der Waals surface area contributed by atoms with Crippen LogP contribution in [0.4, 0.5) is 0 Å². The minimum absolute atomic E-state index is 0.216. The Labute approximate surface area is 112 Å². The van der Waals surface area contributed by atoms with E-state index in [2.05, 4.69) is 5.32 Å². The molecule has 3 N–H and O–H groups in total. The van der Waals surface area contributed by atoms with Crippen LogP contribution >= 0.6 is 12.2 Å². The maximum atomic E-state index is 12.2. The van der Waals surface area contributed by atoms with Gasteiger partial charge in [-0.2, -0.15) is 0 Å². The van der Waals surface area contributed by atoms with E-state index >= 15 is 0 Å². The molecule has 1 aliphatic rings. The quantitative estimate of drug-likeness (QED) is 0.574. The number of nitrogens with two attached hydrogens (primary N) is 1. The molecule has 6 heteroatoms. The summed E-state index contributed by atoms with van der Waals surface area (Å²) in [5.74, 6) is -0.699. The van der Waals surface area contributed by atoms with Gasteiger partial charge in [0.25, 0.3) is 0 Å². The fourth-order valence-electron chi connectivity index (χ4n) is 2.22. The highest BCUT2D eigenvalue weighted by Gasteiger charge is 2.44. The molecule has 1 saturated carbocycles. The summed E-state index contributed by atoms with van der Waals surface area (Å²) < 4.78 is 4.84. The molecule has 0 saturated heterocycles. The molecule has 1 aliphatic carbocycles. The first kappa shape index (κ1) is 14.9. The van der Waals surface area contributed by atoms with Crippen LogP contribution in [0.5, 0.6) is 0 Å². The van der Waals surface area contributed by atoms with Gasteiger partial charge in [0.15, 0.2) is 0 Å². The molecule has 0 aromatic rings. The Hall–Kier alpha value is -1.17. The zero-order chi connectivity index (χ0) is 13.8. The van der Waals surface area contributed by atoms with Gasteiger partial charge in [-0.3, -0.25) is 4.79 Å². The lowest BCUT2D eigenvalue weighted by atomic mass is 9.85. The van der Waals surface area contributed by atoms with Gasteiger partial charge in [-0.25, -0.2) is 4.79 Å². The lowest BCUT2D eigenvalue weighted by Gasteiger charge is -2.27. The third-order valence-electron chi connectivity index (χ3n) is 3.35. The van der Waals surface area contributed by atoms with Crippen molar-refractivity contribution < 1.29 is 14.3 Å². The van der Waals surface area contributed by atoms with E-state index in [1.165, 1.54) is 0 Å². The van der Waals surface area contributed by atoms with Gasteiger partial charge in [0.05, 0.1) is 17.0 Å². The molecule has 18 heavy (non-hydrogen) atoms. The van der Waals surface area contributed by atoms with Gasteiger partial charge >= 0.3 is 5.97 Å². The lowest BCUT2D eigenvalue weighted by Crippen LogP contribution is -2.51. The molecule has 0 heterocycles. The Morgan fingerprint density at radius 2 is 2.00 bits per heavy atom. The second kappa shape index (κ2) is 6.13. The van der Waals surface area contributed by atoms with Crippen molar-refractivity contribution in [3.63, 3.8) is 0 Å². The number of carbonyl (C=O) groups is 2. The summed E-state index contributed by atoms with van der Waals surface area (Å²) >= 11 is 5.01. The standard InChI is InChI=1S/C12H20N2O3S/c1-3-17-9(15)8(2)14-11(16)12(10(13)18)6-4-5-7-12/h8H,3-7H2,1-2H3,(H2,13,18)(H,14,16). The van der Waals surface area contributed by atoms with Crippen molar-refractivity contribution in [1.82, 2.24) is 5.32 Å². The number of esters is 1. The molecule has 0 spiro atoms. The summed E-state index contributed by atoms with van der Waals surface area (Å²) in [5.41, 5.74) is 4.92. The summed E-state index contributed by atoms with van der Waals surface area (Å²) in [6.07, 6.45) is 3.17. The Morgan fingerprint density at radius 3 is 2.44 bits per heavy atom. The van der Waals surface area contributed by atoms with Crippen LogP contribution in [0.25, 0.3) is 0 Å². The van der Waals surface area contributed by atoms with Gasteiger partial charge in [0, 0.05) is 0 Å². The van der Waals surface area contributed by atoms with Crippen LogP contribution in [0.1, 0.15) is 39.5 Å². The Kier molecular flexibility index (Phi) is 5.07. The third kappa shape index (κ3) is 2.98. The van der Waals surface area contributed by atoms with Crippen molar-refractivity contribution in [2.24, 2.45) is 11.1 Å². The summed E-state index contributed by atoms with van der Waals surface area (Å²) in [7, 11) is 0. The van der Waals surface area contributed by atoms with Crippen LogP contribution in [0.3, 0.4) is 0 Å². The summed E-state index contributed by atoms with van der Waals surface area (Å²) in [6.45, 7) is 3.61. The normalized spacial score (nSPS) is 19.0. The molecule has 0 bridgehead atoms. The number of hydrogen-bond donors (Lipinski definition) is 2. The number of thiocarbonyl (C=S) groups is 1. The van der Waals surface area contributed by atoms with Crippen molar-refractivity contribution in [3.8, 4) is 0 Å². The van der Waals surface area contributed by atoms with E-state index in [-0.39, 0.29) is 10.9 Å². The molecule has 0 aromatic heterocycles. The molecular weight excluding hydrogens is 252 g/mol. The minimum atomic E-state index is -0.782. The topological polar surface area (TPSA) is 81.4 Å². The molecular formula is C12H20N2O3S. The van der Waals surface area contributed by atoms with Gasteiger partial charge in [0.2, 0.25) is 5.91 Å². The zero-order valence-electron chi connectivity index (χ0n) is 10.8. The molecule has 1 amide bonds. The van der Waals surface area contributed by atoms with Crippen LogP contribution in [0, 0.1) is 5.41 Å². The van der Waals surface area contributed by atoms with Gasteiger partial charge in [-0.05, 0) is 26.7 Å². The largest absolute Gasteiger partial charge is 0.464 e. The predicted molar refractivity (Wildman–Crippen MR) is 71.9 cm³/mol. The maximum absolute atomic E-state index is 12.2. The first-order valence-corrected chi connectivity index (χ1v) is 6.62. The van der Waals surface area contributed by atoms with Crippen LogP contribution < -0.4 is 11.1 Å². The Bertz CT molecular complexity index is 351. The number of ether oxygens (including phenoxy) is 1. The molecule has 1 fully saturated rings. The van der Waals surface area contributed by atoms with Crippen molar-refractivity contribution in [2.75, 3.05) is 6.61 Å². The molecule has 102 valence electrons. The second-order valence-corrected chi connectivity index (χ2v) is 5.04. The second-order valence-electron chi connectivity index (χ2n) is 4.60. The monoisotopic (exact) mass is 272 g/mol. The van der Waals surface area contributed by atoms with Crippen molar-refractivity contribution in [1.29, 1.82) is 0 Å². The van der Waals surface area contributed by atoms with E-state index in [0.29, 0.717) is 19.4 Å². The highest BCUT2D eigenvalue weighted by molar-refractivity contribution is 7.80. The molecule has 1 unspecified atom stereocenters. The first-order chi connectivity index (χ1) is 8.44. The highest BCUT2D eigenvalue weighted by Crippen LogP contribution is 2.38. The van der Waals surface area contributed by atoms with Crippen molar-refractivity contribution in [3.05, 3.63) is 0 Å². The average molecular weight is 272 g/mol. The minimum Gasteiger partial charge on any atom is -0.464 e. The van der Waals surface area contributed by atoms with Gasteiger partial charge < -0.3 is 15.8 Å². The van der Waals surface area contributed by atoms with E-state index in [1.54, 1.807) is 13.8 Å². The highest BCUT2D eigenvalue weighted by atomic mass is 32.1. The van der Waals surface area contributed by atoms with Crippen molar-refractivity contribution >= 4 is 29.1 Å². The number of nitrogens with one attached hydrogen (secondary N) is 1. The van der Waals surface area contributed by atoms with E-state index in [9.17, 15) is 9.59 Å². The number of rotatable bonds is 5. The van der Waals surface area contributed by atoms with E-state index < -0.39 is 17.4 Å². The molecule has 0 radical (unpaired) electrons. The van der Waals surface area contributed by atoms with E-state index in [4.69, 9.17) is 22.7 Å². The average Bonchev–Trinajstić information content (AvgIpc) is 2.79. The number of carbonyl (C=O) groups excluding carboxylic acids is 2. The summed E-state index contributed by atoms with van der Waals surface area (Å²) in [5, 5.41) is 2.65. The molecule has 1 rings (SSSR count). The number of amides is 1. The fourth-order valence-corrected chi connectivity index (χ4v) is 2.52. The van der Waals surface area contributed by atoms with Crippen LogP contribution in [-0.4, -0.2) is 29.5 Å².